The number of nitrogens with one attached hydrogen (secondary N) is 3. The van der Waals surface area contributed by atoms with Crippen LogP contribution in [0.15, 0.2) is 91.4 Å². The van der Waals surface area contributed by atoms with Gasteiger partial charge in [-0.3, -0.25) is 9.80 Å². The number of amides is 2. The molecule has 0 aliphatic carbocycles. The molecule has 0 spiro atoms. The van der Waals surface area contributed by atoms with Crippen LogP contribution in [-0.4, -0.2) is 58.5 Å². The van der Waals surface area contributed by atoms with E-state index in [1.807, 2.05) is 36.5 Å². The minimum atomic E-state index is -0.203. The van der Waals surface area contributed by atoms with Gasteiger partial charge in [-0.05, 0) is 60.5 Å². The highest BCUT2D eigenvalue weighted by Gasteiger charge is 2.15. The van der Waals surface area contributed by atoms with Crippen LogP contribution in [-0.2, 0) is 26.1 Å². The topological polar surface area (TPSA) is 85.5 Å². The summed E-state index contributed by atoms with van der Waals surface area (Å²) in [7, 11) is 0. The van der Waals surface area contributed by atoms with Gasteiger partial charge in [0, 0.05) is 51.0 Å². The number of urea groups is 1. The van der Waals surface area contributed by atoms with E-state index >= 15 is 0 Å². The highest BCUT2D eigenvalue weighted by molar-refractivity contribution is 5.89. The Balaban J connectivity index is 1.01. The Labute approximate surface area is 236 Å². The molecule has 0 atom stereocenters. The van der Waals surface area contributed by atoms with E-state index in [1.165, 1.54) is 16.7 Å². The Morgan fingerprint density at radius 1 is 0.825 bits per heavy atom. The van der Waals surface area contributed by atoms with E-state index < -0.39 is 0 Å². The molecular weight excluding hydrogens is 500 g/mol. The fourth-order valence-electron chi connectivity index (χ4n) is 4.89. The lowest BCUT2D eigenvalue weighted by atomic mass is 10.2. The normalized spacial score (nSPS) is 14.4. The quantitative estimate of drug-likeness (QED) is 0.249. The number of aromatic nitrogens is 2. The molecule has 4 aromatic rings. The molecule has 2 heterocycles. The fourth-order valence-corrected chi connectivity index (χ4v) is 4.89. The summed E-state index contributed by atoms with van der Waals surface area (Å²) in [5.74, 6) is 0.904. The second-order valence-corrected chi connectivity index (χ2v) is 10.2. The molecule has 0 saturated carbocycles. The molecule has 1 aliphatic heterocycles. The summed E-state index contributed by atoms with van der Waals surface area (Å²) in [6.07, 6.45) is 5.32. The molecule has 8 nitrogen and oxygen atoms in total. The summed E-state index contributed by atoms with van der Waals surface area (Å²) in [4.78, 5) is 24.3. The second-order valence-electron chi connectivity index (χ2n) is 10.2. The molecule has 2 amide bonds. The van der Waals surface area contributed by atoms with Gasteiger partial charge < -0.3 is 20.4 Å². The van der Waals surface area contributed by atoms with Crippen molar-refractivity contribution in [3.63, 3.8) is 0 Å². The molecule has 0 unspecified atom stereocenters. The van der Waals surface area contributed by atoms with Gasteiger partial charge in [0.25, 0.3) is 0 Å². The zero-order valence-corrected chi connectivity index (χ0v) is 22.9. The zero-order valence-electron chi connectivity index (χ0n) is 22.9. The number of nitrogens with zero attached hydrogens (tertiary/aromatic N) is 3. The number of imidazole rings is 1. The summed E-state index contributed by atoms with van der Waals surface area (Å²) in [5, 5.41) is 5.77. The van der Waals surface area contributed by atoms with Crippen LogP contribution in [0.3, 0.4) is 0 Å². The Morgan fingerprint density at radius 3 is 2.15 bits per heavy atom. The third kappa shape index (κ3) is 8.69. The molecule has 3 aromatic carbocycles. The number of anilines is 1. The van der Waals surface area contributed by atoms with Crippen LogP contribution in [0, 0.1) is 0 Å². The highest BCUT2D eigenvalue weighted by Crippen LogP contribution is 2.17. The Morgan fingerprint density at radius 2 is 1.50 bits per heavy atom. The zero-order chi connectivity index (χ0) is 27.4. The van der Waals surface area contributed by atoms with Crippen molar-refractivity contribution in [2.24, 2.45) is 0 Å². The van der Waals surface area contributed by atoms with E-state index in [0.29, 0.717) is 19.6 Å². The Hall–Kier alpha value is -4.14. The van der Waals surface area contributed by atoms with Crippen LogP contribution in [0.25, 0.3) is 0 Å². The van der Waals surface area contributed by atoms with Gasteiger partial charge in [0.1, 0.15) is 12.4 Å². The standard InChI is InChI=1S/C32H38N6O2/c39-32(34-16-15-30-21-33-25-35-30)36-29-11-7-26(8-12-29)22-37-17-4-18-38(20-19-37)23-27-9-13-31(14-10-27)40-24-28-5-2-1-3-6-28/h1-3,5-14,21,25H,4,15-20,22-24H2,(H,33,35)(H2,34,36,39). The molecule has 1 saturated heterocycles. The van der Waals surface area contributed by atoms with E-state index in [-0.39, 0.29) is 6.03 Å². The number of rotatable bonds is 11. The van der Waals surface area contributed by atoms with Crippen LogP contribution < -0.4 is 15.4 Å². The number of carbonyl (C=O) groups excluding carboxylic acids is 1. The van der Waals surface area contributed by atoms with Gasteiger partial charge in [-0.1, -0.05) is 54.6 Å². The van der Waals surface area contributed by atoms with Gasteiger partial charge in [-0.2, -0.15) is 0 Å². The number of H-pyrrole nitrogens is 1. The van der Waals surface area contributed by atoms with E-state index in [9.17, 15) is 4.79 Å². The third-order valence-electron chi connectivity index (χ3n) is 7.10. The summed E-state index contributed by atoms with van der Waals surface area (Å²) < 4.78 is 5.93. The maximum atomic E-state index is 12.2. The average molecular weight is 539 g/mol. The second kappa shape index (κ2) is 14.3. The van der Waals surface area contributed by atoms with E-state index in [0.717, 1.165) is 62.8 Å². The number of hydrogen-bond donors (Lipinski definition) is 3. The minimum absolute atomic E-state index is 0.203. The van der Waals surface area contributed by atoms with Crippen molar-refractivity contribution in [3.8, 4) is 5.75 Å². The first-order valence-corrected chi connectivity index (χ1v) is 14.0. The Kier molecular flexibility index (Phi) is 9.81. The van der Waals surface area contributed by atoms with E-state index in [1.54, 1.807) is 6.33 Å². The molecule has 8 heteroatoms. The molecule has 208 valence electrons. The van der Waals surface area contributed by atoms with Crippen LogP contribution in [0.4, 0.5) is 10.5 Å². The molecule has 0 bridgehead atoms. The maximum absolute atomic E-state index is 12.2. The smallest absolute Gasteiger partial charge is 0.319 e. The summed E-state index contributed by atoms with van der Waals surface area (Å²) in [6, 6.07) is 26.7. The van der Waals surface area contributed by atoms with Crippen molar-refractivity contribution in [1.82, 2.24) is 25.1 Å². The van der Waals surface area contributed by atoms with Crippen molar-refractivity contribution in [2.45, 2.75) is 32.5 Å². The van der Waals surface area contributed by atoms with Crippen molar-refractivity contribution in [3.05, 3.63) is 114 Å². The molecule has 1 aromatic heterocycles. The highest BCUT2D eigenvalue weighted by atomic mass is 16.5. The Bertz CT molecular complexity index is 1290. The van der Waals surface area contributed by atoms with Crippen LogP contribution >= 0.6 is 0 Å². The first kappa shape index (κ1) is 27.4. The summed E-state index contributed by atoms with van der Waals surface area (Å²) >= 11 is 0. The van der Waals surface area contributed by atoms with E-state index in [2.05, 4.69) is 78.9 Å². The largest absolute Gasteiger partial charge is 0.489 e. The lowest BCUT2D eigenvalue weighted by Gasteiger charge is -2.22. The number of benzene rings is 3. The predicted molar refractivity (Wildman–Crippen MR) is 158 cm³/mol. The molecule has 40 heavy (non-hydrogen) atoms. The molecule has 5 rings (SSSR count). The van der Waals surface area contributed by atoms with Gasteiger partial charge in [0.15, 0.2) is 0 Å². The predicted octanol–water partition coefficient (Wildman–Crippen LogP) is 5.06. The lowest BCUT2D eigenvalue weighted by molar-refractivity contribution is 0.247. The number of hydrogen-bond acceptors (Lipinski definition) is 5. The molecule has 1 aliphatic rings. The van der Waals surface area contributed by atoms with Gasteiger partial charge in [0.05, 0.1) is 12.0 Å². The molecule has 0 radical (unpaired) electrons. The van der Waals surface area contributed by atoms with E-state index in [4.69, 9.17) is 4.74 Å². The average Bonchev–Trinajstić information content (AvgIpc) is 3.41. The lowest BCUT2D eigenvalue weighted by Crippen LogP contribution is -2.30. The minimum Gasteiger partial charge on any atom is -0.489 e. The number of carbonyl (C=O) groups is 1. The SMILES string of the molecule is O=C(NCCc1c[nH]cn1)Nc1ccc(CN2CCCN(Cc3ccc(OCc4ccccc4)cc3)CC2)cc1. The first-order valence-electron chi connectivity index (χ1n) is 14.0. The summed E-state index contributed by atoms with van der Waals surface area (Å²) in [6.45, 7) is 7.26. The van der Waals surface area contributed by atoms with Crippen LogP contribution in [0.5, 0.6) is 5.75 Å². The van der Waals surface area contributed by atoms with Crippen molar-refractivity contribution in [1.29, 1.82) is 0 Å². The number of aromatic amines is 1. The fraction of sp³-hybridized carbons (Fsp3) is 0.312. The van der Waals surface area contributed by atoms with Gasteiger partial charge >= 0.3 is 6.03 Å². The monoisotopic (exact) mass is 538 g/mol. The van der Waals surface area contributed by atoms with Crippen LogP contribution in [0.2, 0.25) is 0 Å². The molecule has 3 N–H and O–H groups in total. The van der Waals surface area contributed by atoms with Gasteiger partial charge in [-0.15, -0.1) is 0 Å². The maximum Gasteiger partial charge on any atom is 0.319 e. The van der Waals surface area contributed by atoms with Crippen LogP contribution in [0.1, 0.15) is 28.8 Å². The molecule has 1 fully saturated rings. The first-order chi connectivity index (χ1) is 19.7. The van der Waals surface area contributed by atoms with Gasteiger partial charge in [0.2, 0.25) is 0 Å². The van der Waals surface area contributed by atoms with Crippen molar-refractivity contribution >= 4 is 11.7 Å². The molecular formula is C32H38N6O2. The summed E-state index contributed by atoms with van der Waals surface area (Å²) in [5.41, 5.74) is 5.46. The van der Waals surface area contributed by atoms with Crippen molar-refractivity contribution < 1.29 is 9.53 Å². The third-order valence-corrected chi connectivity index (χ3v) is 7.10. The number of ether oxygens (including phenoxy) is 1. The van der Waals surface area contributed by atoms with Crippen molar-refractivity contribution in [2.75, 3.05) is 38.0 Å². The van der Waals surface area contributed by atoms with Gasteiger partial charge in [-0.25, -0.2) is 9.78 Å².